The molecule has 128 valence electrons. The van der Waals surface area contributed by atoms with Crippen LogP contribution in [0.4, 0.5) is 5.69 Å². The van der Waals surface area contributed by atoms with Crippen LogP contribution in [0.2, 0.25) is 0 Å². The number of aromatic nitrogens is 2. The second-order valence-corrected chi connectivity index (χ2v) is 7.88. The van der Waals surface area contributed by atoms with Crippen LogP contribution in [0.25, 0.3) is 11.5 Å². The average molecular weight is 483 g/mol. The van der Waals surface area contributed by atoms with E-state index in [1.165, 1.54) is 11.8 Å². The minimum Gasteiger partial charge on any atom is -0.411 e. The van der Waals surface area contributed by atoms with Crippen molar-refractivity contribution in [3.8, 4) is 11.5 Å². The summed E-state index contributed by atoms with van der Waals surface area (Å²) < 4.78 is 7.53. The zero-order valence-corrected chi connectivity index (χ0v) is 17.1. The van der Waals surface area contributed by atoms with Crippen molar-refractivity contribution in [2.75, 3.05) is 11.1 Å². The van der Waals surface area contributed by atoms with Gasteiger partial charge in [0, 0.05) is 20.2 Å². The van der Waals surface area contributed by atoms with Gasteiger partial charge in [0.15, 0.2) is 0 Å². The van der Waals surface area contributed by atoms with Gasteiger partial charge in [0.1, 0.15) is 0 Å². The molecule has 0 atom stereocenters. The third-order valence-electron chi connectivity index (χ3n) is 3.25. The van der Waals surface area contributed by atoms with E-state index in [0.29, 0.717) is 11.1 Å². The van der Waals surface area contributed by atoms with Crippen LogP contribution < -0.4 is 5.32 Å². The van der Waals surface area contributed by atoms with Crippen molar-refractivity contribution in [3.05, 3.63) is 57.0 Å². The molecule has 0 aliphatic heterocycles. The van der Waals surface area contributed by atoms with E-state index < -0.39 is 0 Å². The van der Waals surface area contributed by atoms with Gasteiger partial charge in [-0.25, -0.2) is 0 Å². The first-order valence-electron chi connectivity index (χ1n) is 7.29. The van der Waals surface area contributed by atoms with Crippen molar-refractivity contribution in [1.29, 1.82) is 0 Å². The van der Waals surface area contributed by atoms with E-state index in [4.69, 9.17) is 4.42 Å². The van der Waals surface area contributed by atoms with Gasteiger partial charge >= 0.3 is 0 Å². The van der Waals surface area contributed by atoms with E-state index in [1.54, 1.807) is 0 Å². The first-order valence-corrected chi connectivity index (χ1v) is 9.86. The molecule has 3 rings (SSSR count). The number of carbonyl (C=O) groups is 1. The first kappa shape index (κ1) is 18.2. The summed E-state index contributed by atoms with van der Waals surface area (Å²) in [6.45, 7) is 1.97. The summed E-state index contributed by atoms with van der Waals surface area (Å²) in [4.78, 5) is 12.1. The molecular formula is C17H13Br2N3O2S. The van der Waals surface area contributed by atoms with Gasteiger partial charge in [-0.15, -0.1) is 10.2 Å². The standard InChI is InChI=1S/C17H13Br2N3O2S/c1-10-7-13(5-6-14(10)19)20-15(23)9-25-17-22-21-16(24-17)11-3-2-4-12(18)8-11/h2-8H,9H2,1H3,(H,20,23). The molecule has 0 bridgehead atoms. The maximum Gasteiger partial charge on any atom is 0.277 e. The molecule has 0 unspecified atom stereocenters. The maximum absolute atomic E-state index is 12.1. The summed E-state index contributed by atoms with van der Waals surface area (Å²) in [5, 5.41) is 11.2. The number of aryl methyl sites for hydroxylation is 1. The number of rotatable bonds is 5. The van der Waals surface area contributed by atoms with Gasteiger partial charge in [-0.2, -0.15) is 0 Å². The van der Waals surface area contributed by atoms with E-state index in [-0.39, 0.29) is 11.7 Å². The number of anilines is 1. The minimum absolute atomic E-state index is 0.131. The zero-order valence-electron chi connectivity index (χ0n) is 13.1. The molecule has 8 heteroatoms. The number of hydrogen-bond acceptors (Lipinski definition) is 5. The van der Waals surface area contributed by atoms with Gasteiger partial charge in [0.05, 0.1) is 5.75 Å². The summed E-state index contributed by atoms with van der Waals surface area (Å²) in [5.41, 5.74) is 2.64. The predicted octanol–water partition coefficient (Wildman–Crippen LogP) is 5.30. The third-order valence-corrected chi connectivity index (χ3v) is 5.45. The lowest BCUT2D eigenvalue weighted by atomic mass is 10.2. The van der Waals surface area contributed by atoms with Crippen molar-refractivity contribution in [2.45, 2.75) is 12.1 Å². The average Bonchev–Trinajstić information content (AvgIpc) is 3.05. The van der Waals surface area contributed by atoms with E-state index in [1.807, 2.05) is 49.4 Å². The molecule has 1 aromatic heterocycles. The van der Waals surface area contributed by atoms with Gasteiger partial charge in [0.2, 0.25) is 11.8 Å². The Kier molecular flexibility index (Phi) is 5.93. The number of thioether (sulfide) groups is 1. The van der Waals surface area contributed by atoms with Crippen LogP contribution >= 0.6 is 43.6 Å². The van der Waals surface area contributed by atoms with E-state index in [2.05, 4.69) is 47.4 Å². The van der Waals surface area contributed by atoms with Crippen LogP contribution in [-0.4, -0.2) is 21.9 Å². The summed E-state index contributed by atoms with van der Waals surface area (Å²) in [6.07, 6.45) is 0. The second-order valence-electron chi connectivity index (χ2n) is 5.18. The Bertz CT molecular complexity index is 914. The Morgan fingerprint density at radius 2 is 2.04 bits per heavy atom. The quantitative estimate of drug-likeness (QED) is 0.499. The molecule has 0 radical (unpaired) electrons. The van der Waals surface area contributed by atoms with Crippen LogP contribution in [0, 0.1) is 6.92 Å². The SMILES string of the molecule is Cc1cc(NC(=O)CSc2nnc(-c3cccc(Br)c3)o2)ccc1Br. The summed E-state index contributed by atoms with van der Waals surface area (Å²) in [6, 6.07) is 13.2. The topological polar surface area (TPSA) is 68.0 Å². The Hall–Kier alpha value is -1.64. The number of hydrogen-bond donors (Lipinski definition) is 1. The smallest absolute Gasteiger partial charge is 0.277 e. The summed E-state index contributed by atoms with van der Waals surface area (Å²) in [7, 11) is 0. The number of halogens is 2. The lowest BCUT2D eigenvalue weighted by molar-refractivity contribution is -0.113. The molecule has 0 saturated carbocycles. The van der Waals surface area contributed by atoms with E-state index >= 15 is 0 Å². The zero-order chi connectivity index (χ0) is 17.8. The third kappa shape index (κ3) is 4.93. The maximum atomic E-state index is 12.1. The highest BCUT2D eigenvalue weighted by Crippen LogP contribution is 2.25. The molecule has 0 aliphatic rings. The second kappa shape index (κ2) is 8.16. The highest BCUT2D eigenvalue weighted by atomic mass is 79.9. The van der Waals surface area contributed by atoms with Crippen LogP contribution in [0.1, 0.15) is 5.56 Å². The van der Waals surface area contributed by atoms with E-state index in [0.717, 1.165) is 25.8 Å². The first-order chi connectivity index (χ1) is 12.0. The minimum atomic E-state index is -0.131. The molecule has 0 aliphatic carbocycles. The Balaban J connectivity index is 1.58. The fourth-order valence-corrected chi connectivity index (χ4v) is 3.26. The van der Waals surface area contributed by atoms with E-state index in [9.17, 15) is 4.79 Å². The Morgan fingerprint density at radius 3 is 2.80 bits per heavy atom. The number of amides is 1. The molecule has 3 aromatic rings. The molecule has 2 aromatic carbocycles. The molecule has 25 heavy (non-hydrogen) atoms. The van der Waals surface area contributed by atoms with Crippen LogP contribution in [0.15, 0.2) is 61.0 Å². The van der Waals surface area contributed by atoms with Crippen LogP contribution in [0.3, 0.4) is 0 Å². The Labute approximate surface area is 165 Å². The summed E-state index contributed by atoms with van der Waals surface area (Å²) >= 11 is 8.04. The molecule has 1 N–H and O–H groups in total. The molecule has 0 spiro atoms. The van der Waals surface area contributed by atoms with Gasteiger partial charge in [-0.1, -0.05) is 49.7 Å². The van der Waals surface area contributed by atoms with Crippen LogP contribution in [0.5, 0.6) is 0 Å². The molecule has 1 heterocycles. The number of nitrogens with zero attached hydrogens (tertiary/aromatic N) is 2. The molecule has 5 nitrogen and oxygen atoms in total. The van der Waals surface area contributed by atoms with Crippen molar-refractivity contribution >= 4 is 55.2 Å². The van der Waals surface area contributed by atoms with Crippen molar-refractivity contribution < 1.29 is 9.21 Å². The lowest BCUT2D eigenvalue weighted by Crippen LogP contribution is -2.14. The van der Waals surface area contributed by atoms with Crippen LogP contribution in [-0.2, 0) is 4.79 Å². The van der Waals surface area contributed by atoms with Crippen molar-refractivity contribution in [2.24, 2.45) is 0 Å². The molecule has 0 fully saturated rings. The lowest BCUT2D eigenvalue weighted by Gasteiger charge is -2.06. The van der Waals surface area contributed by atoms with Gasteiger partial charge < -0.3 is 9.73 Å². The number of nitrogens with one attached hydrogen (secondary N) is 1. The summed E-state index contributed by atoms with van der Waals surface area (Å²) in [5.74, 6) is 0.483. The Morgan fingerprint density at radius 1 is 1.20 bits per heavy atom. The molecule has 1 amide bonds. The van der Waals surface area contributed by atoms with Gasteiger partial charge in [-0.3, -0.25) is 4.79 Å². The normalized spacial score (nSPS) is 10.7. The largest absolute Gasteiger partial charge is 0.411 e. The van der Waals surface area contributed by atoms with Crippen molar-refractivity contribution in [3.63, 3.8) is 0 Å². The van der Waals surface area contributed by atoms with Gasteiger partial charge in [0.25, 0.3) is 5.22 Å². The molecule has 0 saturated heterocycles. The highest BCUT2D eigenvalue weighted by molar-refractivity contribution is 9.10. The predicted molar refractivity (Wildman–Crippen MR) is 106 cm³/mol. The van der Waals surface area contributed by atoms with Gasteiger partial charge in [-0.05, 0) is 48.9 Å². The fraction of sp³-hybridized carbons (Fsp3) is 0.118. The fourth-order valence-electron chi connectivity index (χ4n) is 2.05. The molecular weight excluding hydrogens is 470 g/mol. The number of benzene rings is 2. The van der Waals surface area contributed by atoms with Crippen molar-refractivity contribution in [1.82, 2.24) is 10.2 Å². The number of carbonyl (C=O) groups excluding carboxylic acids is 1. The monoisotopic (exact) mass is 481 g/mol. The highest BCUT2D eigenvalue weighted by Gasteiger charge is 2.12.